The Balaban J connectivity index is 1.93. The number of carbonyl (C=O) groups is 2. The molecular formula is C23H34N4O3. The van der Waals surface area contributed by atoms with E-state index in [4.69, 9.17) is 0 Å². The van der Waals surface area contributed by atoms with Crippen molar-refractivity contribution in [2.45, 2.75) is 59.3 Å². The van der Waals surface area contributed by atoms with Crippen molar-refractivity contribution in [1.82, 2.24) is 14.7 Å². The number of para-hydroxylation sites is 1. The van der Waals surface area contributed by atoms with Crippen LogP contribution in [0.2, 0.25) is 0 Å². The molecule has 1 aromatic heterocycles. The van der Waals surface area contributed by atoms with E-state index < -0.39 is 0 Å². The van der Waals surface area contributed by atoms with Crippen molar-refractivity contribution >= 4 is 17.5 Å². The third-order valence-electron chi connectivity index (χ3n) is 5.53. The van der Waals surface area contributed by atoms with Gasteiger partial charge in [0, 0.05) is 26.4 Å². The quantitative estimate of drug-likeness (QED) is 0.590. The summed E-state index contributed by atoms with van der Waals surface area (Å²) in [4.78, 5) is 37.3. The van der Waals surface area contributed by atoms with Gasteiger partial charge in [-0.25, -0.2) is 4.68 Å². The van der Waals surface area contributed by atoms with Crippen LogP contribution >= 0.6 is 0 Å². The first-order chi connectivity index (χ1) is 14.4. The summed E-state index contributed by atoms with van der Waals surface area (Å²) in [5.74, 6) is 0.00640. The van der Waals surface area contributed by atoms with Gasteiger partial charge in [-0.1, -0.05) is 51.3 Å². The predicted octanol–water partition coefficient (Wildman–Crippen LogP) is 3.54. The Kier molecular flexibility index (Phi) is 8.89. The molecule has 0 aliphatic carbocycles. The van der Waals surface area contributed by atoms with Crippen LogP contribution < -0.4 is 16.2 Å². The molecule has 0 saturated carbocycles. The number of unbranched alkanes of at least 4 members (excludes halogenated alkanes) is 1. The number of rotatable bonds is 11. The van der Waals surface area contributed by atoms with Crippen molar-refractivity contribution in [3.05, 3.63) is 46.4 Å². The van der Waals surface area contributed by atoms with Crippen molar-refractivity contribution in [2.24, 2.45) is 13.0 Å². The molecule has 0 saturated heterocycles. The SMILES string of the molecule is CCCC[C@H](CC)CNC(=O)CCC(=O)Nc1c(C)n(C)n(-c2ccccc2)c1=O. The second kappa shape index (κ2) is 11.4. The summed E-state index contributed by atoms with van der Waals surface area (Å²) in [6.45, 7) is 6.72. The van der Waals surface area contributed by atoms with Crippen LogP contribution in [-0.2, 0) is 16.6 Å². The van der Waals surface area contributed by atoms with E-state index in [9.17, 15) is 14.4 Å². The predicted molar refractivity (Wildman–Crippen MR) is 120 cm³/mol. The van der Waals surface area contributed by atoms with Crippen LogP contribution in [0.25, 0.3) is 5.69 Å². The molecule has 0 unspecified atom stereocenters. The van der Waals surface area contributed by atoms with Crippen LogP contribution in [0.1, 0.15) is 58.1 Å². The molecule has 0 aliphatic heterocycles. The Morgan fingerprint density at radius 1 is 1.07 bits per heavy atom. The molecule has 7 nitrogen and oxygen atoms in total. The molecule has 0 spiro atoms. The van der Waals surface area contributed by atoms with Gasteiger partial charge >= 0.3 is 0 Å². The standard InChI is InChI=1S/C23H34N4O3/c1-5-7-11-18(6-2)16-24-20(28)14-15-21(29)25-22-17(3)26(4)27(23(22)30)19-12-9-8-10-13-19/h8-10,12-13,18H,5-7,11,14-16H2,1-4H3,(H,24,28)(H,25,29)/t18-/m0/s1. The molecule has 0 fully saturated rings. The van der Waals surface area contributed by atoms with Gasteiger partial charge in [0.1, 0.15) is 5.69 Å². The number of nitrogens with one attached hydrogen (secondary N) is 2. The second-order valence-electron chi connectivity index (χ2n) is 7.71. The maximum atomic E-state index is 12.8. The normalized spacial score (nSPS) is 11.9. The van der Waals surface area contributed by atoms with Gasteiger partial charge in [0.25, 0.3) is 5.56 Å². The van der Waals surface area contributed by atoms with E-state index in [1.165, 1.54) is 4.68 Å². The third kappa shape index (κ3) is 6.08. The molecule has 2 aromatic rings. The van der Waals surface area contributed by atoms with Gasteiger partial charge in [0.15, 0.2) is 0 Å². The summed E-state index contributed by atoms with van der Waals surface area (Å²) in [7, 11) is 1.77. The summed E-state index contributed by atoms with van der Waals surface area (Å²) in [6, 6.07) is 9.25. The highest BCUT2D eigenvalue weighted by atomic mass is 16.2. The number of nitrogens with zero attached hydrogens (tertiary/aromatic N) is 2. The summed E-state index contributed by atoms with van der Waals surface area (Å²) >= 11 is 0. The lowest BCUT2D eigenvalue weighted by atomic mass is 9.99. The van der Waals surface area contributed by atoms with Gasteiger partial charge in [-0.3, -0.25) is 19.1 Å². The minimum atomic E-state index is -0.339. The number of anilines is 1. The van der Waals surface area contributed by atoms with E-state index >= 15 is 0 Å². The van der Waals surface area contributed by atoms with Crippen LogP contribution in [0, 0.1) is 12.8 Å². The topological polar surface area (TPSA) is 85.1 Å². The molecule has 30 heavy (non-hydrogen) atoms. The maximum absolute atomic E-state index is 12.8. The first-order valence-electron chi connectivity index (χ1n) is 10.8. The maximum Gasteiger partial charge on any atom is 0.295 e. The molecule has 7 heteroatoms. The summed E-state index contributed by atoms with van der Waals surface area (Å²) in [5, 5.41) is 5.63. The Bertz CT molecular complexity index is 899. The van der Waals surface area contributed by atoms with Gasteiger partial charge < -0.3 is 10.6 Å². The lowest BCUT2D eigenvalue weighted by Gasteiger charge is -2.15. The molecule has 0 bridgehead atoms. The van der Waals surface area contributed by atoms with Crippen LogP contribution in [0.5, 0.6) is 0 Å². The van der Waals surface area contributed by atoms with Crippen LogP contribution in [0.15, 0.2) is 35.1 Å². The Labute approximate surface area is 178 Å². The minimum absolute atomic E-state index is 0.0384. The molecule has 0 radical (unpaired) electrons. The number of hydrogen-bond acceptors (Lipinski definition) is 3. The summed E-state index contributed by atoms with van der Waals surface area (Å²) < 4.78 is 3.22. The summed E-state index contributed by atoms with van der Waals surface area (Å²) in [6.07, 6.45) is 4.59. The molecule has 164 valence electrons. The van der Waals surface area contributed by atoms with Gasteiger partial charge in [-0.2, -0.15) is 0 Å². The molecule has 0 aliphatic rings. The van der Waals surface area contributed by atoms with Crippen molar-refractivity contribution in [1.29, 1.82) is 0 Å². The largest absolute Gasteiger partial charge is 0.356 e. The van der Waals surface area contributed by atoms with E-state index in [1.807, 2.05) is 30.3 Å². The van der Waals surface area contributed by atoms with Crippen molar-refractivity contribution < 1.29 is 9.59 Å². The van der Waals surface area contributed by atoms with E-state index in [0.717, 1.165) is 31.4 Å². The average molecular weight is 415 g/mol. The van der Waals surface area contributed by atoms with E-state index in [-0.39, 0.29) is 35.9 Å². The van der Waals surface area contributed by atoms with E-state index in [0.29, 0.717) is 18.2 Å². The number of amides is 2. The fraction of sp³-hybridized carbons (Fsp3) is 0.522. The zero-order valence-electron chi connectivity index (χ0n) is 18.5. The Morgan fingerprint density at radius 2 is 1.73 bits per heavy atom. The fourth-order valence-electron chi connectivity index (χ4n) is 3.43. The first-order valence-corrected chi connectivity index (χ1v) is 10.8. The molecular weight excluding hydrogens is 380 g/mol. The van der Waals surface area contributed by atoms with E-state index in [1.54, 1.807) is 18.7 Å². The lowest BCUT2D eigenvalue weighted by Crippen LogP contribution is -2.30. The van der Waals surface area contributed by atoms with Gasteiger partial charge in [0.05, 0.1) is 11.4 Å². The smallest absolute Gasteiger partial charge is 0.295 e. The molecule has 2 N–H and O–H groups in total. The van der Waals surface area contributed by atoms with Crippen LogP contribution in [0.4, 0.5) is 5.69 Å². The average Bonchev–Trinajstić information content (AvgIpc) is 2.96. The summed E-state index contributed by atoms with van der Waals surface area (Å²) in [5.41, 5.74) is 1.34. The highest BCUT2D eigenvalue weighted by Gasteiger charge is 2.18. The molecule has 1 heterocycles. The van der Waals surface area contributed by atoms with Crippen molar-refractivity contribution in [2.75, 3.05) is 11.9 Å². The van der Waals surface area contributed by atoms with Crippen LogP contribution in [-0.4, -0.2) is 27.7 Å². The number of carbonyl (C=O) groups excluding carboxylic acids is 2. The zero-order valence-corrected chi connectivity index (χ0v) is 18.5. The lowest BCUT2D eigenvalue weighted by molar-refractivity contribution is -0.124. The van der Waals surface area contributed by atoms with Crippen molar-refractivity contribution in [3.63, 3.8) is 0 Å². The Hall–Kier alpha value is -2.83. The number of aromatic nitrogens is 2. The molecule has 2 amide bonds. The third-order valence-corrected chi connectivity index (χ3v) is 5.53. The molecule has 1 atom stereocenters. The minimum Gasteiger partial charge on any atom is -0.356 e. The highest BCUT2D eigenvalue weighted by molar-refractivity contribution is 5.93. The van der Waals surface area contributed by atoms with Crippen LogP contribution in [0.3, 0.4) is 0 Å². The monoisotopic (exact) mass is 414 g/mol. The Morgan fingerprint density at radius 3 is 2.37 bits per heavy atom. The number of benzene rings is 1. The molecule has 1 aromatic carbocycles. The highest BCUT2D eigenvalue weighted by Crippen LogP contribution is 2.14. The van der Waals surface area contributed by atoms with Gasteiger partial charge in [-0.05, 0) is 31.4 Å². The van der Waals surface area contributed by atoms with E-state index in [2.05, 4.69) is 24.5 Å². The fourth-order valence-corrected chi connectivity index (χ4v) is 3.43. The number of hydrogen-bond donors (Lipinski definition) is 2. The van der Waals surface area contributed by atoms with Gasteiger partial charge in [-0.15, -0.1) is 0 Å². The first kappa shape index (κ1) is 23.4. The molecule has 2 rings (SSSR count). The zero-order chi connectivity index (χ0) is 22.1. The van der Waals surface area contributed by atoms with Gasteiger partial charge in [0.2, 0.25) is 11.8 Å². The van der Waals surface area contributed by atoms with Crippen molar-refractivity contribution in [3.8, 4) is 5.69 Å². The second-order valence-corrected chi connectivity index (χ2v) is 7.71.